The summed E-state index contributed by atoms with van der Waals surface area (Å²) >= 11 is 3.57. The van der Waals surface area contributed by atoms with Crippen molar-refractivity contribution in [2.45, 2.75) is 25.8 Å². The maximum absolute atomic E-state index is 5.50. The van der Waals surface area contributed by atoms with Crippen LogP contribution in [0, 0.1) is 6.92 Å². The molecule has 0 radical (unpaired) electrons. The van der Waals surface area contributed by atoms with E-state index in [-0.39, 0.29) is 0 Å². The number of halogens is 1. The van der Waals surface area contributed by atoms with Crippen LogP contribution in [0.5, 0.6) is 0 Å². The number of hydrogen-bond acceptors (Lipinski definition) is 2. The average molecular weight is 241 g/mol. The standard InChI is InChI=1S/C10H13BrN2/c1-6-2-4-8(11)10-7(6)3-5-9(10)13-12/h2,4,9,13H,3,5,12H2,1H3. The maximum atomic E-state index is 5.50. The zero-order valence-electron chi connectivity index (χ0n) is 7.60. The van der Waals surface area contributed by atoms with Crippen molar-refractivity contribution >= 4 is 15.9 Å². The topological polar surface area (TPSA) is 38.0 Å². The quantitative estimate of drug-likeness (QED) is 0.584. The molecule has 2 rings (SSSR count). The third kappa shape index (κ3) is 1.41. The van der Waals surface area contributed by atoms with E-state index in [9.17, 15) is 0 Å². The summed E-state index contributed by atoms with van der Waals surface area (Å²) in [5, 5.41) is 0. The minimum Gasteiger partial charge on any atom is -0.271 e. The van der Waals surface area contributed by atoms with E-state index in [1.54, 1.807) is 0 Å². The molecule has 0 saturated carbocycles. The fourth-order valence-electron chi connectivity index (χ4n) is 2.05. The smallest absolute Gasteiger partial charge is 0.0477 e. The lowest BCUT2D eigenvalue weighted by Gasteiger charge is -2.12. The molecule has 13 heavy (non-hydrogen) atoms. The summed E-state index contributed by atoms with van der Waals surface area (Å²) in [6.45, 7) is 2.16. The van der Waals surface area contributed by atoms with Crippen molar-refractivity contribution in [2.75, 3.05) is 0 Å². The molecule has 1 unspecified atom stereocenters. The van der Waals surface area contributed by atoms with E-state index in [2.05, 4.69) is 40.4 Å². The van der Waals surface area contributed by atoms with Gasteiger partial charge in [-0.05, 0) is 42.5 Å². The predicted molar refractivity (Wildman–Crippen MR) is 57.3 cm³/mol. The number of fused-ring (bicyclic) bond motifs is 1. The summed E-state index contributed by atoms with van der Waals surface area (Å²) in [6, 6.07) is 4.58. The van der Waals surface area contributed by atoms with Crippen molar-refractivity contribution < 1.29 is 0 Å². The van der Waals surface area contributed by atoms with Crippen molar-refractivity contribution in [3.05, 3.63) is 33.3 Å². The van der Waals surface area contributed by atoms with Crippen LogP contribution >= 0.6 is 15.9 Å². The van der Waals surface area contributed by atoms with Gasteiger partial charge >= 0.3 is 0 Å². The predicted octanol–water partition coefficient (Wildman–Crippen LogP) is 2.21. The van der Waals surface area contributed by atoms with Crippen molar-refractivity contribution in [2.24, 2.45) is 5.84 Å². The molecular weight excluding hydrogens is 228 g/mol. The molecule has 2 nitrogen and oxygen atoms in total. The van der Waals surface area contributed by atoms with Crippen molar-refractivity contribution in [1.29, 1.82) is 0 Å². The van der Waals surface area contributed by atoms with Gasteiger partial charge in [-0.25, -0.2) is 0 Å². The number of aryl methyl sites for hydroxylation is 1. The Morgan fingerprint density at radius 3 is 3.00 bits per heavy atom. The van der Waals surface area contributed by atoms with Gasteiger partial charge in [-0.3, -0.25) is 11.3 Å². The molecule has 3 N–H and O–H groups in total. The summed E-state index contributed by atoms with van der Waals surface area (Å²) in [5.74, 6) is 5.50. The summed E-state index contributed by atoms with van der Waals surface area (Å²) in [6.07, 6.45) is 2.24. The van der Waals surface area contributed by atoms with Gasteiger partial charge in [0.2, 0.25) is 0 Å². The highest BCUT2D eigenvalue weighted by Gasteiger charge is 2.24. The first-order valence-electron chi connectivity index (χ1n) is 4.48. The lowest BCUT2D eigenvalue weighted by Crippen LogP contribution is -2.26. The minimum atomic E-state index is 0.323. The molecule has 0 saturated heterocycles. The summed E-state index contributed by atoms with van der Waals surface area (Å²) < 4.78 is 1.17. The average Bonchev–Trinajstić information content (AvgIpc) is 2.56. The molecule has 0 bridgehead atoms. The van der Waals surface area contributed by atoms with Crippen LogP contribution in [0.15, 0.2) is 16.6 Å². The number of rotatable bonds is 1. The summed E-state index contributed by atoms with van der Waals surface area (Å²) in [4.78, 5) is 0. The van der Waals surface area contributed by atoms with E-state index >= 15 is 0 Å². The summed E-state index contributed by atoms with van der Waals surface area (Å²) in [7, 11) is 0. The SMILES string of the molecule is Cc1ccc(Br)c2c1CCC2NN. The second kappa shape index (κ2) is 3.40. The van der Waals surface area contributed by atoms with Crippen LogP contribution in [0.2, 0.25) is 0 Å². The fraction of sp³-hybridized carbons (Fsp3) is 0.400. The lowest BCUT2D eigenvalue weighted by atomic mass is 10.0. The molecule has 0 fully saturated rings. The van der Waals surface area contributed by atoms with E-state index < -0.39 is 0 Å². The van der Waals surface area contributed by atoms with Crippen LogP contribution < -0.4 is 11.3 Å². The number of hydrazine groups is 1. The Kier molecular flexibility index (Phi) is 2.41. The van der Waals surface area contributed by atoms with Crippen molar-refractivity contribution in [1.82, 2.24) is 5.43 Å². The Bertz CT molecular complexity index is 336. The Morgan fingerprint density at radius 1 is 1.54 bits per heavy atom. The molecule has 70 valence electrons. The molecule has 1 aromatic rings. The Morgan fingerprint density at radius 2 is 2.31 bits per heavy atom. The third-order valence-electron chi connectivity index (χ3n) is 2.77. The van der Waals surface area contributed by atoms with Crippen LogP contribution in [0.25, 0.3) is 0 Å². The van der Waals surface area contributed by atoms with Gasteiger partial charge in [-0.1, -0.05) is 22.0 Å². The van der Waals surface area contributed by atoms with Crippen LogP contribution in [0.3, 0.4) is 0 Å². The van der Waals surface area contributed by atoms with Gasteiger partial charge in [-0.15, -0.1) is 0 Å². The highest BCUT2D eigenvalue weighted by Crippen LogP contribution is 2.37. The molecule has 0 amide bonds. The molecular formula is C10H13BrN2. The Balaban J connectivity index is 2.55. The van der Waals surface area contributed by atoms with Crippen LogP contribution in [-0.4, -0.2) is 0 Å². The van der Waals surface area contributed by atoms with E-state index in [1.807, 2.05) is 0 Å². The van der Waals surface area contributed by atoms with Gasteiger partial charge in [0, 0.05) is 10.5 Å². The van der Waals surface area contributed by atoms with Crippen LogP contribution in [0.1, 0.15) is 29.2 Å². The third-order valence-corrected chi connectivity index (χ3v) is 3.46. The first-order valence-corrected chi connectivity index (χ1v) is 5.27. The van der Waals surface area contributed by atoms with Gasteiger partial charge in [0.1, 0.15) is 0 Å². The lowest BCUT2D eigenvalue weighted by molar-refractivity contribution is 0.550. The second-order valence-electron chi connectivity index (χ2n) is 3.51. The monoisotopic (exact) mass is 240 g/mol. The van der Waals surface area contributed by atoms with Gasteiger partial charge in [-0.2, -0.15) is 0 Å². The molecule has 1 aliphatic carbocycles. The molecule has 0 aromatic heterocycles. The Hall–Kier alpha value is -0.380. The number of nitrogens with two attached hydrogens (primary N) is 1. The van der Waals surface area contributed by atoms with E-state index in [4.69, 9.17) is 5.84 Å². The van der Waals surface area contributed by atoms with E-state index in [0.717, 1.165) is 12.8 Å². The fourth-order valence-corrected chi connectivity index (χ4v) is 2.70. The number of nitrogens with one attached hydrogen (secondary N) is 1. The van der Waals surface area contributed by atoms with Crippen molar-refractivity contribution in [3.8, 4) is 0 Å². The molecule has 1 aliphatic rings. The number of hydrogen-bond donors (Lipinski definition) is 2. The first kappa shape index (κ1) is 9.19. The molecule has 0 spiro atoms. The number of benzene rings is 1. The molecule has 0 aliphatic heterocycles. The van der Waals surface area contributed by atoms with E-state index in [1.165, 1.54) is 21.2 Å². The highest BCUT2D eigenvalue weighted by molar-refractivity contribution is 9.10. The highest BCUT2D eigenvalue weighted by atomic mass is 79.9. The van der Waals surface area contributed by atoms with Gasteiger partial charge in [0.25, 0.3) is 0 Å². The second-order valence-corrected chi connectivity index (χ2v) is 4.37. The summed E-state index contributed by atoms with van der Waals surface area (Å²) in [5.41, 5.74) is 7.03. The normalized spacial score (nSPS) is 20.4. The van der Waals surface area contributed by atoms with E-state index in [0.29, 0.717) is 6.04 Å². The first-order chi connectivity index (χ1) is 6.24. The molecule has 3 heteroatoms. The Labute approximate surface area is 86.6 Å². The zero-order valence-corrected chi connectivity index (χ0v) is 9.19. The van der Waals surface area contributed by atoms with Gasteiger partial charge < -0.3 is 0 Å². The minimum absolute atomic E-state index is 0.323. The molecule has 1 atom stereocenters. The largest absolute Gasteiger partial charge is 0.271 e. The molecule has 0 heterocycles. The van der Waals surface area contributed by atoms with Crippen molar-refractivity contribution in [3.63, 3.8) is 0 Å². The zero-order chi connectivity index (χ0) is 9.42. The van der Waals surface area contributed by atoms with Crippen LogP contribution in [-0.2, 0) is 6.42 Å². The van der Waals surface area contributed by atoms with Gasteiger partial charge in [0.15, 0.2) is 0 Å². The van der Waals surface area contributed by atoms with Gasteiger partial charge in [0.05, 0.1) is 0 Å². The maximum Gasteiger partial charge on any atom is 0.0477 e. The molecule has 1 aromatic carbocycles. The van der Waals surface area contributed by atoms with Crippen LogP contribution in [0.4, 0.5) is 0 Å².